The summed E-state index contributed by atoms with van der Waals surface area (Å²) in [6.07, 6.45) is 6.45. The minimum Gasteiger partial charge on any atom is -0.127 e. The molecule has 1 fully saturated rings. The lowest BCUT2D eigenvalue weighted by molar-refractivity contribution is 0.379. The molecule has 3 atom stereocenters. The van der Waals surface area contributed by atoms with Crippen LogP contribution < -0.4 is 0 Å². The van der Waals surface area contributed by atoms with E-state index in [2.05, 4.69) is 32.5 Å². The van der Waals surface area contributed by atoms with Crippen molar-refractivity contribution < 1.29 is 0 Å². The van der Waals surface area contributed by atoms with Gasteiger partial charge in [-0.15, -0.1) is 11.8 Å². The number of hydrogen-bond donors (Lipinski definition) is 0. The van der Waals surface area contributed by atoms with Crippen LogP contribution in [0.5, 0.6) is 0 Å². The average molecular weight is 220 g/mol. The van der Waals surface area contributed by atoms with E-state index in [0.29, 0.717) is 0 Å². The molecule has 0 aromatic carbocycles. The summed E-state index contributed by atoms with van der Waals surface area (Å²) < 4.78 is 0. The minimum absolute atomic E-state index is 0.0707. The standard InChI is InChI=1S/C13H21BS/c1-9-10(2)15-12-8-13(3,14)7-5-4-6-11(9)12/h11-12H,4-8H2,1-3H3. The van der Waals surface area contributed by atoms with Crippen molar-refractivity contribution in [1.29, 1.82) is 0 Å². The van der Waals surface area contributed by atoms with Gasteiger partial charge >= 0.3 is 0 Å². The maximum atomic E-state index is 6.36. The largest absolute Gasteiger partial charge is 0.127 e. The van der Waals surface area contributed by atoms with Crippen LogP contribution in [0.4, 0.5) is 0 Å². The Bertz CT molecular complexity index is 280. The molecule has 1 aliphatic heterocycles. The Labute approximate surface area is 99.7 Å². The van der Waals surface area contributed by atoms with E-state index in [9.17, 15) is 0 Å². The summed E-state index contributed by atoms with van der Waals surface area (Å²) in [6, 6.07) is 0. The van der Waals surface area contributed by atoms with Crippen molar-refractivity contribution in [3.8, 4) is 0 Å². The number of allylic oxidation sites excluding steroid dienone is 2. The van der Waals surface area contributed by atoms with Crippen molar-refractivity contribution in [1.82, 2.24) is 0 Å². The molecule has 0 aromatic heterocycles. The fourth-order valence-corrected chi connectivity index (χ4v) is 4.74. The van der Waals surface area contributed by atoms with Crippen molar-refractivity contribution in [3.63, 3.8) is 0 Å². The third kappa shape index (κ3) is 2.46. The second kappa shape index (κ2) is 4.20. The molecule has 0 spiro atoms. The molecule has 15 heavy (non-hydrogen) atoms. The van der Waals surface area contributed by atoms with Crippen LogP contribution in [0.2, 0.25) is 5.31 Å². The predicted octanol–water partition coefficient (Wildman–Crippen LogP) is 4.32. The highest BCUT2D eigenvalue weighted by atomic mass is 32.2. The Balaban J connectivity index is 2.14. The van der Waals surface area contributed by atoms with Crippen LogP contribution in [0.15, 0.2) is 10.5 Å². The van der Waals surface area contributed by atoms with Gasteiger partial charge in [0, 0.05) is 5.25 Å². The van der Waals surface area contributed by atoms with E-state index in [1.807, 2.05) is 0 Å². The lowest BCUT2D eigenvalue weighted by Crippen LogP contribution is -2.24. The number of rotatable bonds is 0. The fraction of sp³-hybridized carbons (Fsp3) is 0.846. The summed E-state index contributed by atoms with van der Waals surface area (Å²) in [6.45, 7) is 6.83. The van der Waals surface area contributed by atoms with Gasteiger partial charge in [0.1, 0.15) is 0 Å². The molecular formula is C13H21BS. The van der Waals surface area contributed by atoms with Crippen LogP contribution in [0, 0.1) is 5.92 Å². The molecule has 2 radical (unpaired) electrons. The van der Waals surface area contributed by atoms with E-state index in [-0.39, 0.29) is 5.31 Å². The highest BCUT2D eigenvalue weighted by Gasteiger charge is 2.36. The first kappa shape index (κ1) is 11.6. The molecule has 0 saturated heterocycles. The minimum atomic E-state index is 0.0707. The van der Waals surface area contributed by atoms with E-state index < -0.39 is 0 Å². The number of fused-ring (bicyclic) bond motifs is 1. The van der Waals surface area contributed by atoms with E-state index in [0.717, 1.165) is 11.2 Å². The molecule has 3 unspecified atom stereocenters. The van der Waals surface area contributed by atoms with Crippen molar-refractivity contribution in [3.05, 3.63) is 10.5 Å². The summed E-state index contributed by atoms with van der Waals surface area (Å²) in [5.41, 5.74) is 1.64. The first-order valence-corrected chi connectivity index (χ1v) is 7.00. The quantitative estimate of drug-likeness (QED) is 0.548. The number of hydrogen-bond acceptors (Lipinski definition) is 1. The van der Waals surface area contributed by atoms with Crippen LogP contribution in [0.1, 0.15) is 52.9 Å². The van der Waals surface area contributed by atoms with E-state index in [1.165, 1.54) is 32.1 Å². The van der Waals surface area contributed by atoms with Crippen LogP contribution in [-0.2, 0) is 0 Å². The zero-order chi connectivity index (χ0) is 11.1. The van der Waals surface area contributed by atoms with Crippen molar-refractivity contribution in [2.24, 2.45) is 5.92 Å². The van der Waals surface area contributed by atoms with Crippen molar-refractivity contribution in [2.45, 2.75) is 63.4 Å². The predicted molar refractivity (Wildman–Crippen MR) is 70.4 cm³/mol. The highest BCUT2D eigenvalue weighted by Crippen LogP contribution is 2.51. The maximum absolute atomic E-state index is 6.36. The van der Waals surface area contributed by atoms with Crippen LogP contribution in [0.3, 0.4) is 0 Å². The van der Waals surface area contributed by atoms with Gasteiger partial charge in [0.25, 0.3) is 0 Å². The first-order chi connectivity index (χ1) is 6.99. The van der Waals surface area contributed by atoms with Gasteiger partial charge in [-0.1, -0.05) is 37.1 Å². The average Bonchev–Trinajstić information content (AvgIpc) is 2.35. The summed E-state index contributed by atoms with van der Waals surface area (Å²) in [4.78, 5) is 1.56. The van der Waals surface area contributed by atoms with Crippen LogP contribution in [0.25, 0.3) is 0 Å². The molecule has 82 valence electrons. The van der Waals surface area contributed by atoms with E-state index >= 15 is 0 Å². The normalized spacial score (nSPS) is 42.3. The molecule has 0 amide bonds. The van der Waals surface area contributed by atoms with Crippen molar-refractivity contribution in [2.75, 3.05) is 0 Å². The van der Waals surface area contributed by atoms with E-state index in [4.69, 9.17) is 7.85 Å². The third-order valence-corrected chi connectivity index (χ3v) is 5.54. The molecule has 0 N–H and O–H groups in total. The lowest BCUT2D eigenvalue weighted by atomic mass is 9.62. The summed E-state index contributed by atoms with van der Waals surface area (Å²) >= 11 is 2.08. The molecule has 2 rings (SSSR count). The summed E-state index contributed by atoms with van der Waals surface area (Å²) in [5, 5.41) is 0.835. The fourth-order valence-electron chi connectivity index (χ4n) is 2.98. The summed E-state index contributed by atoms with van der Waals surface area (Å²) in [5.74, 6) is 0.818. The molecular weight excluding hydrogens is 199 g/mol. The molecule has 2 heteroatoms. The zero-order valence-electron chi connectivity index (χ0n) is 10.2. The zero-order valence-corrected chi connectivity index (χ0v) is 11.0. The Morgan fingerprint density at radius 3 is 2.80 bits per heavy atom. The Hall–Kier alpha value is 0.155. The van der Waals surface area contributed by atoms with Gasteiger partial charge in [-0.25, -0.2) is 0 Å². The van der Waals surface area contributed by atoms with Gasteiger partial charge in [-0.2, -0.15) is 0 Å². The summed E-state index contributed by atoms with van der Waals surface area (Å²) in [7, 11) is 6.36. The smallest absolute Gasteiger partial charge is 0.0743 e. The third-order valence-electron chi connectivity index (χ3n) is 4.07. The van der Waals surface area contributed by atoms with Gasteiger partial charge in [0.15, 0.2) is 0 Å². The Morgan fingerprint density at radius 2 is 2.07 bits per heavy atom. The second-order valence-electron chi connectivity index (χ2n) is 5.61. The molecule has 0 aromatic rings. The van der Waals surface area contributed by atoms with Gasteiger partial charge in [-0.3, -0.25) is 0 Å². The molecule has 1 saturated carbocycles. The molecule has 1 heterocycles. The monoisotopic (exact) mass is 220 g/mol. The Morgan fingerprint density at radius 1 is 1.33 bits per heavy atom. The van der Waals surface area contributed by atoms with Gasteiger partial charge in [0.05, 0.1) is 7.85 Å². The Kier molecular flexibility index (Phi) is 3.26. The van der Waals surface area contributed by atoms with Crippen LogP contribution in [-0.4, -0.2) is 13.1 Å². The van der Waals surface area contributed by atoms with Crippen LogP contribution >= 0.6 is 11.8 Å². The van der Waals surface area contributed by atoms with Gasteiger partial charge in [0.2, 0.25) is 0 Å². The highest BCUT2D eigenvalue weighted by molar-refractivity contribution is 8.03. The topological polar surface area (TPSA) is 0 Å². The first-order valence-electron chi connectivity index (χ1n) is 6.12. The van der Waals surface area contributed by atoms with E-state index in [1.54, 1.807) is 10.5 Å². The van der Waals surface area contributed by atoms with Gasteiger partial charge < -0.3 is 0 Å². The molecule has 2 aliphatic rings. The molecule has 0 bridgehead atoms. The number of thioether (sulfide) groups is 1. The maximum Gasteiger partial charge on any atom is 0.0743 e. The van der Waals surface area contributed by atoms with Gasteiger partial charge in [-0.05, 0) is 37.5 Å². The van der Waals surface area contributed by atoms with Crippen molar-refractivity contribution >= 4 is 19.6 Å². The second-order valence-corrected chi connectivity index (χ2v) is 7.06. The SMILES string of the molecule is [B]C1(C)CCCCC2C(C)=C(C)SC2C1. The molecule has 0 nitrogen and oxygen atoms in total. The lowest BCUT2D eigenvalue weighted by Gasteiger charge is -2.34. The molecule has 1 aliphatic carbocycles.